The Morgan fingerprint density at radius 3 is 2.57 bits per heavy atom. The second kappa shape index (κ2) is 20.0. The summed E-state index contributed by atoms with van der Waals surface area (Å²) >= 11 is 0. The molecular weight excluding hydrogens is 873 g/mol. The van der Waals surface area contributed by atoms with Gasteiger partial charge in [-0.3, -0.25) is 38.9 Å². The SMILES string of the molecule is CCn1c2c3c4cc(ccc41)-c1cc(O)cc(c1)CC(CNC(=O)[C@H](C(C)C)N(C)C(=O)[C@H]1CCN(C(=O)C#CCN(C)C)C1)C(=O)N1CCC[C@H](N1)C(=O)OCC(C)(C)C3C(C)c1ccncc1-2. The van der Waals surface area contributed by atoms with Gasteiger partial charge in [-0.05, 0) is 123 Å². The first-order valence-electron chi connectivity index (χ1n) is 24.5. The fourth-order valence-electron chi connectivity index (χ4n) is 11.4. The molecule has 3 N–H and O–H groups in total. The Labute approximate surface area is 405 Å². The normalized spacial score (nSPS) is 22.6. The number of hydrogen-bond acceptors (Lipinski definition) is 10. The molecule has 69 heavy (non-hydrogen) atoms. The van der Waals surface area contributed by atoms with E-state index in [4.69, 9.17) is 4.74 Å². The summed E-state index contributed by atoms with van der Waals surface area (Å²) in [6, 6.07) is 12.3. The van der Waals surface area contributed by atoms with Crippen LogP contribution in [0.5, 0.6) is 5.75 Å². The van der Waals surface area contributed by atoms with Gasteiger partial charge in [0.25, 0.3) is 5.91 Å². The summed E-state index contributed by atoms with van der Waals surface area (Å²) in [5.41, 5.74) is 10.7. The van der Waals surface area contributed by atoms with Crippen molar-refractivity contribution in [3.8, 4) is 40.0 Å². The molecule has 0 radical (unpaired) electrons. The third-order valence-corrected chi connectivity index (χ3v) is 14.7. The van der Waals surface area contributed by atoms with Crippen LogP contribution < -0.4 is 10.7 Å². The zero-order valence-electron chi connectivity index (χ0n) is 41.6. The number of nitrogens with one attached hydrogen (secondary N) is 2. The van der Waals surface area contributed by atoms with E-state index < -0.39 is 41.2 Å². The molecule has 2 fully saturated rings. The number of carbonyl (C=O) groups excluding carboxylic acids is 5. The van der Waals surface area contributed by atoms with Crippen molar-refractivity contribution in [1.29, 1.82) is 0 Å². The van der Waals surface area contributed by atoms with Crippen molar-refractivity contribution in [2.75, 3.05) is 60.5 Å². The van der Waals surface area contributed by atoms with E-state index in [1.165, 1.54) is 21.0 Å². The van der Waals surface area contributed by atoms with Crippen molar-refractivity contribution >= 4 is 40.5 Å². The molecule has 15 nitrogen and oxygen atoms in total. The number of rotatable bonds is 8. The summed E-state index contributed by atoms with van der Waals surface area (Å²) in [4.78, 5) is 79.4. The molecule has 2 aromatic heterocycles. The van der Waals surface area contributed by atoms with Crippen LogP contribution in [-0.2, 0) is 41.7 Å². The number of esters is 1. The number of likely N-dealkylation sites (N-methyl/N-ethyl adjacent to an activating group) is 1. The van der Waals surface area contributed by atoms with E-state index in [1.54, 1.807) is 24.1 Å². The van der Waals surface area contributed by atoms with Gasteiger partial charge in [0.2, 0.25) is 17.7 Å². The Balaban J connectivity index is 1.12. The average Bonchev–Trinajstić information content (AvgIpc) is 3.95. The number of benzene rings is 2. The Kier molecular flexibility index (Phi) is 14.3. The summed E-state index contributed by atoms with van der Waals surface area (Å²) in [6.45, 7) is 14.6. The first-order valence-corrected chi connectivity index (χ1v) is 24.5. The fraction of sp³-hybridized carbons (Fsp3) is 0.519. The molecule has 15 heteroatoms. The third-order valence-electron chi connectivity index (χ3n) is 14.7. The molecule has 2 aromatic carbocycles. The molecule has 366 valence electrons. The molecule has 6 bridgehead atoms. The topological polar surface area (TPSA) is 170 Å². The standard InChI is InChI=1S/C54H68N8O7/c1-10-61-44-16-15-35-27-41(44)46-47(33(4)40-17-19-55-29-42(40)49(46)61)54(5,6)31-69-53(68)43-13-11-21-62(57-43)52(67)38(24-34-23-37(35)26-39(63)25-34)28-56-50(65)48(32(2)3)59(9)51(66)36-18-22-60(30-36)45(64)14-12-20-58(7)8/h15-17,19,23,25-27,29,32-33,36,38,43,47-48,57,63H,10-11,13,18,20-22,24,28,30-31H2,1-9H3,(H,56,65)/t33?,36-,38?,43-,47?,48-/m0/s1. The number of ether oxygens (including phenoxy) is 1. The highest BCUT2D eigenvalue weighted by molar-refractivity contribution is 5.98. The number of aromatic hydroxyl groups is 1. The maximum atomic E-state index is 14.8. The summed E-state index contributed by atoms with van der Waals surface area (Å²) in [7, 11) is 5.36. The molecule has 1 aliphatic carbocycles. The maximum absolute atomic E-state index is 14.8. The minimum absolute atomic E-state index is 0.0414. The molecule has 0 spiro atoms. The number of pyridine rings is 1. The predicted molar refractivity (Wildman–Crippen MR) is 264 cm³/mol. The van der Waals surface area contributed by atoms with Gasteiger partial charge in [-0.2, -0.15) is 0 Å². The second-order valence-electron chi connectivity index (χ2n) is 20.8. The first-order chi connectivity index (χ1) is 32.9. The van der Waals surface area contributed by atoms with E-state index in [0.717, 1.165) is 39.8 Å². The number of carbonyl (C=O) groups is 5. The maximum Gasteiger partial charge on any atom is 0.324 e. The Morgan fingerprint density at radius 2 is 1.83 bits per heavy atom. The van der Waals surface area contributed by atoms with Crippen LogP contribution in [0.2, 0.25) is 0 Å². The number of phenols is 1. The summed E-state index contributed by atoms with van der Waals surface area (Å²) in [5.74, 6) is 2.25. The lowest BCUT2D eigenvalue weighted by Crippen LogP contribution is -2.58. The van der Waals surface area contributed by atoms with Gasteiger partial charge < -0.3 is 29.5 Å². The third kappa shape index (κ3) is 9.83. The minimum atomic E-state index is -0.865. The first kappa shape index (κ1) is 49.2. The van der Waals surface area contributed by atoms with E-state index in [0.29, 0.717) is 44.5 Å². The van der Waals surface area contributed by atoms with Crippen LogP contribution >= 0.6 is 0 Å². The lowest BCUT2D eigenvalue weighted by molar-refractivity contribution is -0.156. The lowest BCUT2D eigenvalue weighted by Gasteiger charge is -2.42. The highest BCUT2D eigenvalue weighted by Gasteiger charge is 2.45. The minimum Gasteiger partial charge on any atom is -0.508 e. The number of phenolic OH excluding ortho intramolecular Hbond substituents is 1. The summed E-state index contributed by atoms with van der Waals surface area (Å²) in [5, 5.41) is 16.9. The number of aromatic nitrogens is 2. The average molecular weight is 941 g/mol. The number of amides is 4. The molecule has 4 aromatic rings. The van der Waals surface area contributed by atoms with Crippen molar-refractivity contribution in [1.82, 2.24) is 40.0 Å². The van der Waals surface area contributed by atoms with Gasteiger partial charge in [0, 0.05) is 80.0 Å². The van der Waals surface area contributed by atoms with Crippen LogP contribution in [0.4, 0.5) is 0 Å². The molecule has 8 rings (SSSR count). The highest BCUT2D eigenvalue weighted by Crippen LogP contribution is 2.57. The molecule has 3 aliphatic heterocycles. The number of nitrogens with zero attached hydrogens (tertiary/aromatic N) is 6. The van der Waals surface area contributed by atoms with Crippen LogP contribution in [-0.4, -0.2) is 137 Å². The smallest absolute Gasteiger partial charge is 0.324 e. The lowest BCUT2D eigenvalue weighted by atomic mass is 9.63. The van der Waals surface area contributed by atoms with Crippen molar-refractivity contribution < 1.29 is 33.8 Å². The van der Waals surface area contributed by atoms with Gasteiger partial charge in [-0.15, -0.1) is 0 Å². The molecule has 0 saturated carbocycles. The molecule has 5 heterocycles. The molecule has 4 amide bonds. The summed E-state index contributed by atoms with van der Waals surface area (Å²) < 4.78 is 8.61. The molecule has 4 aliphatic rings. The number of likely N-dealkylation sites (tertiary alicyclic amines) is 1. The van der Waals surface area contributed by atoms with Crippen molar-refractivity contribution in [2.45, 2.75) is 97.7 Å². The number of fused-ring (bicyclic) bond motifs is 8. The van der Waals surface area contributed by atoms with E-state index >= 15 is 0 Å². The molecule has 3 unspecified atom stereocenters. The largest absolute Gasteiger partial charge is 0.508 e. The Morgan fingerprint density at radius 1 is 1.04 bits per heavy atom. The second-order valence-corrected chi connectivity index (χ2v) is 20.8. The van der Waals surface area contributed by atoms with Crippen molar-refractivity contribution in [2.24, 2.45) is 23.2 Å². The van der Waals surface area contributed by atoms with Crippen LogP contribution in [0.3, 0.4) is 0 Å². The van der Waals surface area contributed by atoms with Gasteiger partial charge in [-0.25, -0.2) is 5.43 Å². The zero-order chi connectivity index (χ0) is 49.5. The van der Waals surface area contributed by atoms with E-state index in [1.807, 2.05) is 51.3 Å². The quantitative estimate of drug-likeness (QED) is 0.151. The fourth-order valence-corrected chi connectivity index (χ4v) is 11.4. The number of hydrogen-bond donors (Lipinski definition) is 3. The van der Waals surface area contributed by atoms with Gasteiger partial charge in [0.1, 0.15) is 17.8 Å². The van der Waals surface area contributed by atoms with Crippen LogP contribution in [0, 0.1) is 35.0 Å². The number of cyclic esters (lactones) is 1. The van der Waals surface area contributed by atoms with Gasteiger partial charge in [0.05, 0.1) is 30.7 Å². The highest BCUT2D eigenvalue weighted by atomic mass is 16.5. The molecule has 6 atom stereocenters. The molecular formula is C54H68N8O7. The zero-order valence-corrected chi connectivity index (χ0v) is 41.6. The van der Waals surface area contributed by atoms with Gasteiger partial charge >= 0.3 is 5.97 Å². The van der Waals surface area contributed by atoms with Crippen LogP contribution in [0.25, 0.3) is 33.3 Å². The van der Waals surface area contributed by atoms with Crippen LogP contribution in [0.15, 0.2) is 54.9 Å². The number of aryl methyl sites for hydroxylation is 1. The van der Waals surface area contributed by atoms with Crippen LogP contribution in [0.1, 0.15) is 89.3 Å². The van der Waals surface area contributed by atoms with Gasteiger partial charge in [-0.1, -0.05) is 52.7 Å². The van der Waals surface area contributed by atoms with Crippen molar-refractivity contribution in [3.05, 3.63) is 71.5 Å². The van der Waals surface area contributed by atoms with Crippen molar-refractivity contribution in [3.63, 3.8) is 0 Å². The predicted octanol–water partition coefficient (Wildman–Crippen LogP) is 5.55. The monoisotopic (exact) mass is 941 g/mol. The van der Waals surface area contributed by atoms with E-state index in [2.05, 4.69) is 84.1 Å². The Hall–Kier alpha value is -6.24. The van der Waals surface area contributed by atoms with E-state index in [-0.39, 0.29) is 67.3 Å². The summed E-state index contributed by atoms with van der Waals surface area (Å²) in [6.07, 6.45) is 5.45. The number of hydrazine groups is 1. The van der Waals surface area contributed by atoms with Gasteiger partial charge in [0.15, 0.2) is 0 Å². The van der Waals surface area contributed by atoms with E-state index in [9.17, 15) is 29.1 Å². The Bertz CT molecular complexity index is 2710. The molecule has 2 saturated heterocycles.